The Morgan fingerprint density at radius 3 is 2.77 bits per heavy atom. The summed E-state index contributed by atoms with van der Waals surface area (Å²) in [5.74, 6) is 1.33. The maximum atomic E-state index is 9.74. The standard InChI is InChI=1S/C19H17IN2O4/c1-3-25-16-7-10(6-14(20)18(16)24-2)17-12-5-4-11(23)8-15(12)26-19(22)13(17)9-21/h4-8,17,23H,3,22H2,1-2H3/t17-/m0/s1. The van der Waals surface area contributed by atoms with Gasteiger partial charge in [-0.1, -0.05) is 6.07 Å². The Labute approximate surface area is 164 Å². The largest absolute Gasteiger partial charge is 0.508 e. The highest BCUT2D eigenvalue weighted by molar-refractivity contribution is 14.1. The van der Waals surface area contributed by atoms with Crippen molar-refractivity contribution in [1.29, 1.82) is 5.26 Å². The second-order valence-electron chi connectivity index (χ2n) is 5.61. The number of hydrogen-bond donors (Lipinski definition) is 2. The molecule has 3 rings (SSSR count). The van der Waals surface area contributed by atoms with Crippen LogP contribution in [0.4, 0.5) is 0 Å². The van der Waals surface area contributed by atoms with Crippen LogP contribution in [0.25, 0.3) is 0 Å². The minimum absolute atomic E-state index is 0.0272. The van der Waals surface area contributed by atoms with Crippen molar-refractivity contribution in [3.8, 4) is 29.1 Å². The van der Waals surface area contributed by atoms with Crippen LogP contribution in [-0.2, 0) is 0 Å². The van der Waals surface area contributed by atoms with E-state index in [4.69, 9.17) is 19.9 Å². The van der Waals surface area contributed by atoms with Crippen molar-refractivity contribution in [2.24, 2.45) is 5.73 Å². The van der Waals surface area contributed by atoms with Crippen molar-refractivity contribution >= 4 is 22.6 Å². The SMILES string of the molecule is CCOc1cc([C@@H]2C(C#N)=C(N)Oc3cc(O)ccc32)cc(I)c1OC. The molecule has 0 saturated heterocycles. The number of phenolic OH excluding ortho intramolecular Hbond substituents is 1. The molecule has 0 aromatic heterocycles. The third kappa shape index (κ3) is 3.12. The first kappa shape index (κ1) is 18.2. The summed E-state index contributed by atoms with van der Waals surface area (Å²) in [5, 5.41) is 19.4. The van der Waals surface area contributed by atoms with E-state index < -0.39 is 5.92 Å². The van der Waals surface area contributed by atoms with E-state index in [1.165, 1.54) is 6.07 Å². The zero-order valence-corrected chi connectivity index (χ0v) is 16.4. The molecule has 0 bridgehead atoms. The fourth-order valence-electron chi connectivity index (χ4n) is 3.00. The number of rotatable bonds is 4. The Kier molecular flexibility index (Phi) is 5.13. The molecule has 7 heteroatoms. The lowest BCUT2D eigenvalue weighted by atomic mass is 9.83. The summed E-state index contributed by atoms with van der Waals surface area (Å²) in [5.41, 5.74) is 7.85. The van der Waals surface area contributed by atoms with E-state index in [-0.39, 0.29) is 11.6 Å². The third-order valence-electron chi connectivity index (χ3n) is 4.07. The van der Waals surface area contributed by atoms with Gasteiger partial charge in [0.2, 0.25) is 5.88 Å². The number of ether oxygens (including phenoxy) is 3. The third-order valence-corrected chi connectivity index (χ3v) is 4.87. The van der Waals surface area contributed by atoms with Gasteiger partial charge in [-0.15, -0.1) is 0 Å². The van der Waals surface area contributed by atoms with Crippen molar-refractivity contribution in [3.05, 3.63) is 56.5 Å². The summed E-state index contributed by atoms with van der Waals surface area (Å²) in [6, 6.07) is 10.7. The minimum atomic E-state index is -0.428. The molecule has 6 nitrogen and oxygen atoms in total. The summed E-state index contributed by atoms with van der Waals surface area (Å²) in [7, 11) is 1.59. The molecule has 0 fully saturated rings. The minimum Gasteiger partial charge on any atom is -0.508 e. The molecule has 2 aromatic carbocycles. The van der Waals surface area contributed by atoms with E-state index in [0.29, 0.717) is 29.4 Å². The molecule has 0 aliphatic carbocycles. The molecule has 0 saturated carbocycles. The van der Waals surface area contributed by atoms with E-state index in [1.807, 2.05) is 19.1 Å². The molecule has 2 aromatic rings. The zero-order chi connectivity index (χ0) is 18.8. The number of benzene rings is 2. The molecular formula is C19H17IN2O4. The van der Waals surface area contributed by atoms with Crippen LogP contribution in [0.15, 0.2) is 41.8 Å². The molecule has 1 heterocycles. The quantitative estimate of drug-likeness (QED) is 0.671. The lowest BCUT2D eigenvalue weighted by Gasteiger charge is -2.27. The van der Waals surface area contributed by atoms with E-state index >= 15 is 0 Å². The molecule has 1 atom stereocenters. The number of methoxy groups -OCH3 is 1. The second kappa shape index (κ2) is 7.33. The van der Waals surface area contributed by atoms with Crippen LogP contribution < -0.4 is 19.9 Å². The number of phenols is 1. The van der Waals surface area contributed by atoms with Gasteiger partial charge in [0.1, 0.15) is 23.1 Å². The second-order valence-corrected chi connectivity index (χ2v) is 6.78. The van der Waals surface area contributed by atoms with Crippen LogP contribution in [0.2, 0.25) is 0 Å². The average molecular weight is 464 g/mol. The Morgan fingerprint density at radius 1 is 1.35 bits per heavy atom. The molecule has 26 heavy (non-hydrogen) atoms. The maximum absolute atomic E-state index is 9.74. The summed E-state index contributed by atoms with van der Waals surface area (Å²) in [4.78, 5) is 0. The fourth-order valence-corrected chi connectivity index (χ4v) is 3.85. The first-order valence-corrected chi connectivity index (χ1v) is 8.98. The molecule has 134 valence electrons. The number of nitriles is 1. The van der Waals surface area contributed by atoms with Crippen molar-refractivity contribution < 1.29 is 19.3 Å². The highest BCUT2D eigenvalue weighted by atomic mass is 127. The Hall–Kier alpha value is -2.60. The van der Waals surface area contributed by atoms with Gasteiger partial charge in [-0.3, -0.25) is 0 Å². The van der Waals surface area contributed by atoms with Gasteiger partial charge in [-0.25, -0.2) is 0 Å². The van der Waals surface area contributed by atoms with Gasteiger partial charge in [0, 0.05) is 11.6 Å². The van der Waals surface area contributed by atoms with Crippen LogP contribution in [0.3, 0.4) is 0 Å². The summed E-state index contributed by atoms with van der Waals surface area (Å²) < 4.78 is 17.5. The Morgan fingerprint density at radius 2 is 2.12 bits per heavy atom. The van der Waals surface area contributed by atoms with E-state index in [1.54, 1.807) is 19.2 Å². The maximum Gasteiger partial charge on any atom is 0.205 e. The molecule has 3 N–H and O–H groups in total. The topological polar surface area (TPSA) is 97.7 Å². The smallest absolute Gasteiger partial charge is 0.205 e. The first-order chi connectivity index (χ1) is 12.5. The number of aromatic hydroxyl groups is 1. The van der Waals surface area contributed by atoms with Crippen molar-refractivity contribution in [1.82, 2.24) is 0 Å². The Bertz CT molecular complexity index is 934. The van der Waals surface area contributed by atoms with E-state index in [9.17, 15) is 10.4 Å². The van der Waals surface area contributed by atoms with Crippen LogP contribution in [0.5, 0.6) is 23.0 Å². The molecule has 0 unspecified atom stereocenters. The number of hydrogen-bond acceptors (Lipinski definition) is 6. The van der Waals surface area contributed by atoms with Gasteiger partial charge in [0.25, 0.3) is 0 Å². The van der Waals surface area contributed by atoms with E-state index in [2.05, 4.69) is 28.7 Å². The number of nitrogens with two attached hydrogens (primary N) is 1. The molecule has 1 aliphatic heterocycles. The van der Waals surface area contributed by atoms with Crippen LogP contribution in [-0.4, -0.2) is 18.8 Å². The zero-order valence-electron chi connectivity index (χ0n) is 14.2. The van der Waals surface area contributed by atoms with Crippen LogP contribution in [0.1, 0.15) is 24.0 Å². The number of halogens is 1. The predicted octanol–water partition coefficient (Wildman–Crippen LogP) is 3.62. The van der Waals surface area contributed by atoms with Crippen molar-refractivity contribution in [2.75, 3.05) is 13.7 Å². The summed E-state index contributed by atoms with van der Waals surface area (Å²) >= 11 is 2.17. The molecule has 0 spiro atoms. The number of allylic oxidation sites excluding steroid dienone is 1. The molecule has 0 amide bonds. The number of nitrogens with zero attached hydrogens (tertiary/aromatic N) is 1. The molecule has 1 aliphatic rings. The molecule has 0 radical (unpaired) electrons. The Balaban J connectivity index is 2.23. The summed E-state index contributed by atoms with van der Waals surface area (Å²) in [6.07, 6.45) is 0. The first-order valence-electron chi connectivity index (χ1n) is 7.90. The van der Waals surface area contributed by atoms with Crippen molar-refractivity contribution in [3.63, 3.8) is 0 Å². The lowest BCUT2D eigenvalue weighted by Crippen LogP contribution is -2.21. The van der Waals surface area contributed by atoms with E-state index in [0.717, 1.165) is 14.7 Å². The predicted molar refractivity (Wildman–Crippen MR) is 104 cm³/mol. The lowest BCUT2D eigenvalue weighted by molar-refractivity contribution is 0.309. The highest BCUT2D eigenvalue weighted by Crippen LogP contribution is 2.46. The monoisotopic (exact) mass is 464 g/mol. The average Bonchev–Trinajstić information content (AvgIpc) is 2.60. The molecular weight excluding hydrogens is 447 g/mol. The van der Waals surface area contributed by atoms with Gasteiger partial charge in [0.15, 0.2) is 11.5 Å². The van der Waals surface area contributed by atoms with Gasteiger partial charge in [-0.2, -0.15) is 5.26 Å². The van der Waals surface area contributed by atoms with Crippen LogP contribution in [0, 0.1) is 14.9 Å². The fraction of sp³-hybridized carbons (Fsp3) is 0.211. The highest BCUT2D eigenvalue weighted by Gasteiger charge is 2.32. The van der Waals surface area contributed by atoms with Gasteiger partial charge < -0.3 is 25.1 Å². The van der Waals surface area contributed by atoms with Gasteiger partial charge in [0.05, 0.1) is 23.2 Å². The van der Waals surface area contributed by atoms with Crippen LogP contribution >= 0.6 is 22.6 Å². The van der Waals surface area contributed by atoms with Gasteiger partial charge >= 0.3 is 0 Å². The summed E-state index contributed by atoms with van der Waals surface area (Å²) in [6.45, 7) is 2.38. The normalized spacial score (nSPS) is 15.7. The number of fused-ring (bicyclic) bond motifs is 1. The van der Waals surface area contributed by atoms with Gasteiger partial charge in [-0.05, 0) is 53.3 Å². The van der Waals surface area contributed by atoms with Crippen molar-refractivity contribution in [2.45, 2.75) is 12.8 Å².